The topological polar surface area (TPSA) is 84.9 Å². The number of methoxy groups -OCH3 is 2. The number of hydrogen-bond acceptors (Lipinski definition) is 5. The van der Waals surface area contributed by atoms with Gasteiger partial charge in [-0.2, -0.15) is 0 Å². The second-order valence-electron chi connectivity index (χ2n) is 7.89. The van der Waals surface area contributed by atoms with Crippen LogP contribution in [0.1, 0.15) is 31.0 Å². The lowest BCUT2D eigenvalue weighted by Gasteiger charge is -2.25. The van der Waals surface area contributed by atoms with Crippen LogP contribution in [-0.2, 0) is 21.2 Å². The maximum absolute atomic E-state index is 13.7. The molecule has 0 aromatic heterocycles. The molecule has 0 bridgehead atoms. The predicted octanol–water partition coefficient (Wildman–Crippen LogP) is 4.99. The maximum atomic E-state index is 13.7. The first-order valence-corrected chi connectivity index (χ1v) is 12.9. The summed E-state index contributed by atoms with van der Waals surface area (Å²) in [6.45, 7) is 3.51. The Bertz CT molecular complexity index is 1260. The van der Waals surface area contributed by atoms with Crippen molar-refractivity contribution in [1.29, 1.82) is 0 Å². The van der Waals surface area contributed by atoms with Crippen molar-refractivity contribution in [2.45, 2.75) is 31.2 Å². The third kappa shape index (κ3) is 6.26. The van der Waals surface area contributed by atoms with Crippen LogP contribution < -0.4 is 19.1 Å². The highest BCUT2D eigenvalue weighted by Crippen LogP contribution is 2.32. The number of anilines is 1. The number of hydrogen-bond donors (Lipinski definition) is 1. The van der Waals surface area contributed by atoms with Crippen LogP contribution in [0.25, 0.3) is 0 Å². The Morgan fingerprint density at radius 3 is 2.17 bits per heavy atom. The normalized spacial score (nSPS) is 12.0. The molecule has 1 amide bonds. The minimum absolute atomic E-state index is 0.0406. The fraction of sp³-hybridized carbons (Fsp3) is 0.269. The van der Waals surface area contributed by atoms with Gasteiger partial charge in [-0.1, -0.05) is 42.8 Å². The number of carbonyl (C=O) groups is 1. The zero-order valence-electron chi connectivity index (χ0n) is 20.1. The molecule has 7 nitrogen and oxygen atoms in total. The molecule has 0 saturated heterocycles. The van der Waals surface area contributed by atoms with E-state index in [4.69, 9.17) is 21.1 Å². The van der Waals surface area contributed by atoms with Gasteiger partial charge in [-0.15, -0.1) is 0 Å². The van der Waals surface area contributed by atoms with E-state index in [9.17, 15) is 13.2 Å². The van der Waals surface area contributed by atoms with E-state index in [1.165, 1.54) is 38.0 Å². The molecule has 3 aromatic rings. The molecule has 9 heteroatoms. The van der Waals surface area contributed by atoms with Gasteiger partial charge in [0.25, 0.3) is 10.0 Å². The molecular weight excluding hydrogens is 488 g/mol. The summed E-state index contributed by atoms with van der Waals surface area (Å²) in [5, 5.41) is 3.34. The van der Waals surface area contributed by atoms with Crippen LogP contribution in [0.2, 0.25) is 5.02 Å². The summed E-state index contributed by atoms with van der Waals surface area (Å²) in [5.74, 6) is 0.208. The van der Waals surface area contributed by atoms with Gasteiger partial charge in [0.05, 0.1) is 30.8 Å². The van der Waals surface area contributed by atoms with Crippen molar-refractivity contribution in [3.8, 4) is 11.5 Å². The van der Waals surface area contributed by atoms with E-state index in [-0.39, 0.29) is 16.7 Å². The zero-order chi connectivity index (χ0) is 25.6. The van der Waals surface area contributed by atoms with Gasteiger partial charge in [0.2, 0.25) is 5.91 Å². The Balaban J connectivity index is 1.91. The third-order valence-electron chi connectivity index (χ3n) is 5.61. The van der Waals surface area contributed by atoms with Crippen LogP contribution in [0, 0.1) is 0 Å². The molecule has 0 spiro atoms. The number of rotatable bonds is 10. The molecule has 3 aromatic carbocycles. The van der Waals surface area contributed by atoms with E-state index in [0.717, 1.165) is 16.3 Å². The van der Waals surface area contributed by atoms with Crippen LogP contribution >= 0.6 is 11.6 Å². The van der Waals surface area contributed by atoms with Gasteiger partial charge in [-0.3, -0.25) is 9.10 Å². The third-order valence-corrected chi connectivity index (χ3v) is 7.63. The summed E-state index contributed by atoms with van der Waals surface area (Å²) in [6.07, 6.45) is 0.922. The standard InChI is InChI=1S/C26H29ClN2O5S/c1-5-19-6-8-20(9-7-19)18(2)28-26(30)17-29(22-12-10-21(27)11-13-22)35(31,32)23-14-15-24(33-3)25(16-23)34-4/h6-16,18H,5,17H2,1-4H3,(H,28,30). The van der Waals surface area contributed by atoms with E-state index < -0.39 is 22.5 Å². The summed E-state index contributed by atoms with van der Waals surface area (Å²) >= 11 is 6.01. The Hall–Kier alpha value is -3.23. The van der Waals surface area contributed by atoms with E-state index in [0.29, 0.717) is 16.5 Å². The second-order valence-corrected chi connectivity index (χ2v) is 10.2. The van der Waals surface area contributed by atoms with Gasteiger partial charge in [-0.25, -0.2) is 8.42 Å². The SMILES string of the molecule is CCc1ccc(C(C)NC(=O)CN(c2ccc(Cl)cc2)S(=O)(=O)c2ccc(OC)c(OC)c2)cc1. The predicted molar refractivity (Wildman–Crippen MR) is 138 cm³/mol. The Labute approximate surface area is 211 Å². The van der Waals surface area contributed by atoms with Crippen molar-refractivity contribution in [2.75, 3.05) is 25.1 Å². The fourth-order valence-corrected chi connectivity index (χ4v) is 5.13. The quantitative estimate of drug-likeness (QED) is 0.410. The smallest absolute Gasteiger partial charge is 0.264 e. The summed E-state index contributed by atoms with van der Waals surface area (Å²) in [7, 11) is -1.25. The molecule has 35 heavy (non-hydrogen) atoms. The van der Waals surface area contributed by atoms with Gasteiger partial charge in [0.1, 0.15) is 6.54 Å². The van der Waals surface area contributed by atoms with E-state index in [1.807, 2.05) is 31.2 Å². The van der Waals surface area contributed by atoms with E-state index >= 15 is 0 Å². The molecular formula is C26H29ClN2O5S. The van der Waals surface area contributed by atoms with Crippen molar-refractivity contribution >= 4 is 33.2 Å². The molecule has 1 unspecified atom stereocenters. The van der Waals surface area contributed by atoms with Crippen LogP contribution in [0.3, 0.4) is 0 Å². The maximum Gasteiger partial charge on any atom is 0.264 e. The zero-order valence-corrected chi connectivity index (χ0v) is 21.7. The average Bonchev–Trinajstić information content (AvgIpc) is 2.87. The largest absolute Gasteiger partial charge is 0.493 e. The van der Waals surface area contributed by atoms with Crippen molar-refractivity contribution < 1.29 is 22.7 Å². The first-order valence-electron chi connectivity index (χ1n) is 11.1. The molecule has 0 fully saturated rings. The number of amides is 1. The highest BCUT2D eigenvalue weighted by molar-refractivity contribution is 7.92. The van der Waals surface area contributed by atoms with Crippen molar-refractivity contribution in [3.05, 3.63) is 82.9 Å². The lowest BCUT2D eigenvalue weighted by atomic mass is 10.1. The molecule has 0 aliphatic heterocycles. The Morgan fingerprint density at radius 1 is 0.971 bits per heavy atom. The summed E-state index contributed by atoms with van der Waals surface area (Å²) in [5.41, 5.74) is 2.43. The first kappa shape index (κ1) is 26.4. The monoisotopic (exact) mass is 516 g/mol. The van der Waals surface area contributed by atoms with Gasteiger partial charge in [0.15, 0.2) is 11.5 Å². The molecule has 0 saturated carbocycles. The molecule has 1 N–H and O–H groups in total. The molecule has 0 aliphatic rings. The summed E-state index contributed by atoms with van der Waals surface area (Å²) in [4.78, 5) is 13.0. The van der Waals surface area contributed by atoms with E-state index in [1.54, 1.807) is 24.3 Å². The average molecular weight is 517 g/mol. The van der Waals surface area contributed by atoms with Crippen molar-refractivity contribution in [2.24, 2.45) is 0 Å². The lowest BCUT2D eigenvalue weighted by Crippen LogP contribution is -2.41. The van der Waals surface area contributed by atoms with Gasteiger partial charge < -0.3 is 14.8 Å². The Kier molecular flexibility index (Phi) is 8.64. The molecule has 1 atom stereocenters. The highest BCUT2D eigenvalue weighted by Gasteiger charge is 2.29. The van der Waals surface area contributed by atoms with Crippen molar-refractivity contribution in [3.63, 3.8) is 0 Å². The lowest BCUT2D eigenvalue weighted by molar-refractivity contribution is -0.120. The van der Waals surface area contributed by atoms with Crippen LogP contribution in [0.15, 0.2) is 71.6 Å². The van der Waals surface area contributed by atoms with Gasteiger partial charge in [0, 0.05) is 11.1 Å². The molecule has 0 heterocycles. The number of aryl methyl sites for hydroxylation is 1. The Morgan fingerprint density at radius 2 is 1.60 bits per heavy atom. The fourth-order valence-electron chi connectivity index (χ4n) is 3.57. The molecule has 0 radical (unpaired) electrons. The van der Waals surface area contributed by atoms with Gasteiger partial charge >= 0.3 is 0 Å². The number of benzene rings is 3. The number of sulfonamides is 1. The van der Waals surface area contributed by atoms with Gasteiger partial charge in [-0.05, 0) is 60.9 Å². The number of halogens is 1. The number of ether oxygens (including phenoxy) is 2. The number of carbonyl (C=O) groups excluding carboxylic acids is 1. The van der Waals surface area contributed by atoms with Crippen LogP contribution in [0.4, 0.5) is 5.69 Å². The highest BCUT2D eigenvalue weighted by atomic mass is 35.5. The number of nitrogens with one attached hydrogen (secondary N) is 1. The molecule has 186 valence electrons. The second kappa shape index (κ2) is 11.5. The molecule has 3 rings (SSSR count). The number of nitrogens with zero attached hydrogens (tertiary/aromatic N) is 1. The van der Waals surface area contributed by atoms with Crippen molar-refractivity contribution in [1.82, 2.24) is 5.32 Å². The minimum atomic E-state index is -4.14. The molecule has 0 aliphatic carbocycles. The van der Waals surface area contributed by atoms with Crippen LogP contribution in [-0.4, -0.2) is 35.1 Å². The van der Waals surface area contributed by atoms with Crippen LogP contribution in [0.5, 0.6) is 11.5 Å². The first-order chi connectivity index (χ1) is 16.7. The summed E-state index contributed by atoms with van der Waals surface area (Å²) < 4.78 is 38.9. The minimum Gasteiger partial charge on any atom is -0.493 e. The van der Waals surface area contributed by atoms with E-state index in [2.05, 4.69) is 12.2 Å². The summed E-state index contributed by atoms with van der Waals surface area (Å²) in [6, 6.07) is 18.2.